The van der Waals surface area contributed by atoms with Gasteiger partial charge in [-0.25, -0.2) is 4.98 Å². The zero-order valence-corrected chi connectivity index (χ0v) is 14.7. The smallest absolute Gasteiger partial charge is 0.222 e. The van der Waals surface area contributed by atoms with Crippen LogP contribution in [0.4, 0.5) is 5.69 Å². The Bertz CT molecular complexity index is 703. The van der Waals surface area contributed by atoms with Gasteiger partial charge in [0.15, 0.2) is 0 Å². The number of morpholine rings is 1. The molecule has 8 heteroatoms. The zero-order valence-electron chi connectivity index (χ0n) is 14.7. The molecule has 3 heterocycles. The quantitative estimate of drug-likeness (QED) is 0.853. The van der Waals surface area contributed by atoms with Crippen molar-refractivity contribution in [2.45, 2.75) is 32.4 Å². The molecule has 0 aliphatic carbocycles. The van der Waals surface area contributed by atoms with E-state index >= 15 is 0 Å². The number of carbonyl (C=O) groups is 1. The van der Waals surface area contributed by atoms with Gasteiger partial charge >= 0.3 is 0 Å². The molecule has 0 bridgehead atoms. The van der Waals surface area contributed by atoms with Gasteiger partial charge in [-0.2, -0.15) is 5.10 Å². The van der Waals surface area contributed by atoms with E-state index in [1.165, 1.54) is 6.33 Å². The molecule has 8 nitrogen and oxygen atoms in total. The van der Waals surface area contributed by atoms with E-state index < -0.39 is 0 Å². The Morgan fingerprint density at radius 2 is 2.32 bits per heavy atom. The van der Waals surface area contributed by atoms with Crippen LogP contribution in [-0.4, -0.2) is 57.3 Å². The molecule has 3 rings (SSSR count). The molecule has 0 spiro atoms. The number of amides is 1. The lowest BCUT2D eigenvalue weighted by Gasteiger charge is -2.33. The van der Waals surface area contributed by atoms with E-state index in [-0.39, 0.29) is 12.0 Å². The summed E-state index contributed by atoms with van der Waals surface area (Å²) in [7, 11) is 1.88. The Morgan fingerprint density at radius 3 is 3.08 bits per heavy atom. The Kier molecular flexibility index (Phi) is 5.60. The van der Waals surface area contributed by atoms with Gasteiger partial charge in [-0.3, -0.25) is 14.5 Å². The molecule has 1 saturated heterocycles. The predicted molar refractivity (Wildman–Crippen MR) is 93.0 cm³/mol. The SMILES string of the molecule is CNc1cc(C)nc(C2CN(C(=O)CCCn3cncn3)CCO2)c1. The molecule has 0 aromatic carbocycles. The first kappa shape index (κ1) is 17.3. The number of aryl methyl sites for hydroxylation is 2. The molecular formula is C17H24N6O2. The number of ether oxygens (including phenoxy) is 1. The van der Waals surface area contributed by atoms with E-state index in [0.717, 1.165) is 23.5 Å². The minimum Gasteiger partial charge on any atom is -0.388 e. The number of carbonyl (C=O) groups excluding carboxylic acids is 1. The average molecular weight is 344 g/mol. The molecule has 1 aliphatic rings. The Labute approximate surface area is 147 Å². The molecule has 1 N–H and O–H groups in total. The van der Waals surface area contributed by atoms with Crippen LogP contribution in [0.15, 0.2) is 24.8 Å². The van der Waals surface area contributed by atoms with Crippen LogP contribution in [-0.2, 0) is 16.1 Å². The third-order valence-electron chi connectivity index (χ3n) is 4.26. The predicted octanol–water partition coefficient (Wildman–Crippen LogP) is 1.40. The van der Waals surface area contributed by atoms with Gasteiger partial charge in [0.05, 0.1) is 18.8 Å². The van der Waals surface area contributed by atoms with Crippen LogP contribution in [0.1, 0.15) is 30.3 Å². The summed E-state index contributed by atoms with van der Waals surface area (Å²) in [5.41, 5.74) is 2.80. The number of nitrogens with one attached hydrogen (secondary N) is 1. The summed E-state index contributed by atoms with van der Waals surface area (Å²) >= 11 is 0. The van der Waals surface area contributed by atoms with Crippen molar-refractivity contribution in [3.05, 3.63) is 36.2 Å². The van der Waals surface area contributed by atoms with Gasteiger partial charge in [-0.05, 0) is 25.5 Å². The summed E-state index contributed by atoms with van der Waals surface area (Å²) in [6.45, 7) is 4.36. The van der Waals surface area contributed by atoms with Crippen LogP contribution < -0.4 is 5.32 Å². The Morgan fingerprint density at radius 1 is 1.44 bits per heavy atom. The topological polar surface area (TPSA) is 85.2 Å². The highest BCUT2D eigenvalue weighted by atomic mass is 16.5. The standard InChI is InChI=1S/C17H24N6O2/c1-13-8-14(18-2)9-15(21-13)16-10-22(6-7-25-16)17(24)4-3-5-23-12-19-11-20-23/h8-9,11-12,16H,3-7,10H2,1-2H3,(H,18,21). The second-order valence-corrected chi connectivity index (χ2v) is 6.13. The van der Waals surface area contributed by atoms with Gasteiger partial charge in [-0.15, -0.1) is 0 Å². The fourth-order valence-corrected chi connectivity index (χ4v) is 2.96. The molecule has 1 unspecified atom stereocenters. The van der Waals surface area contributed by atoms with E-state index in [1.54, 1.807) is 11.0 Å². The van der Waals surface area contributed by atoms with Gasteiger partial charge in [0, 0.05) is 37.9 Å². The molecule has 25 heavy (non-hydrogen) atoms. The minimum absolute atomic E-state index is 0.148. The van der Waals surface area contributed by atoms with Crippen molar-refractivity contribution >= 4 is 11.6 Å². The maximum Gasteiger partial charge on any atom is 0.222 e. The van der Waals surface area contributed by atoms with Crippen molar-refractivity contribution in [2.75, 3.05) is 32.1 Å². The van der Waals surface area contributed by atoms with Gasteiger partial charge in [-0.1, -0.05) is 0 Å². The van der Waals surface area contributed by atoms with E-state index in [0.29, 0.717) is 32.7 Å². The van der Waals surface area contributed by atoms with Crippen molar-refractivity contribution in [1.82, 2.24) is 24.6 Å². The molecule has 134 valence electrons. The Balaban J connectivity index is 1.57. The highest BCUT2D eigenvalue weighted by Gasteiger charge is 2.26. The van der Waals surface area contributed by atoms with Crippen molar-refractivity contribution in [2.24, 2.45) is 0 Å². The number of pyridine rings is 1. The van der Waals surface area contributed by atoms with Crippen LogP contribution in [0.5, 0.6) is 0 Å². The van der Waals surface area contributed by atoms with Crippen LogP contribution in [0.3, 0.4) is 0 Å². The number of hydrogen-bond donors (Lipinski definition) is 1. The molecule has 1 atom stereocenters. The first-order valence-corrected chi connectivity index (χ1v) is 8.54. The maximum absolute atomic E-state index is 12.5. The number of nitrogens with zero attached hydrogens (tertiary/aromatic N) is 5. The molecule has 2 aromatic rings. The number of rotatable bonds is 6. The van der Waals surface area contributed by atoms with Gasteiger partial charge in [0.25, 0.3) is 0 Å². The van der Waals surface area contributed by atoms with Crippen molar-refractivity contribution < 1.29 is 9.53 Å². The third-order valence-corrected chi connectivity index (χ3v) is 4.26. The summed E-state index contributed by atoms with van der Waals surface area (Å²) in [4.78, 5) is 22.8. The first-order valence-electron chi connectivity index (χ1n) is 8.54. The molecule has 1 aliphatic heterocycles. The summed E-state index contributed by atoms with van der Waals surface area (Å²) in [5, 5.41) is 7.18. The maximum atomic E-state index is 12.5. The normalized spacial score (nSPS) is 17.5. The van der Waals surface area contributed by atoms with Gasteiger partial charge < -0.3 is 15.0 Å². The number of hydrogen-bond acceptors (Lipinski definition) is 6. The van der Waals surface area contributed by atoms with Crippen LogP contribution in [0.25, 0.3) is 0 Å². The summed E-state index contributed by atoms with van der Waals surface area (Å²) in [6.07, 6.45) is 4.23. The zero-order chi connectivity index (χ0) is 17.6. The summed E-state index contributed by atoms with van der Waals surface area (Å²) < 4.78 is 7.60. The lowest BCUT2D eigenvalue weighted by molar-refractivity contribution is -0.139. The monoisotopic (exact) mass is 344 g/mol. The largest absolute Gasteiger partial charge is 0.388 e. The molecule has 1 amide bonds. The van der Waals surface area contributed by atoms with Crippen LogP contribution >= 0.6 is 0 Å². The third kappa shape index (κ3) is 4.54. The van der Waals surface area contributed by atoms with E-state index in [1.807, 2.05) is 31.0 Å². The van der Waals surface area contributed by atoms with E-state index in [9.17, 15) is 4.79 Å². The van der Waals surface area contributed by atoms with Crippen LogP contribution in [0.2, 0.25) is 0 Å². The molecule has 0 radical (unpaired) electrons. The van der Waals surface area contributed by atoms with E-state index in [4.69, 9.17) is 4.74 Å². The Hall–Kier alpha value is -2.48. The number of aromatic nitrogens is 4. The lowest BCUT2D eigenvalue weighted by atomic mass is 10.1. The van der Waals surface area contributed by atoms with Gasteiger partial charge in [0.2, 0.25) is 5.91 Å². The fraction of sp³-hybridized carbons (Fsp3) is 0.529. The first-order chi connectivity index (χ1) is 12.2. The second kappa shape index (κ2) is 8.06. The van der Waals surface area contributed by atoms with Crippen molar-refractivity contribution in [3.63, 3.8) is 0 Å². The van der Waals surface area contributed by atoms with Crippen molar-refractivity contribution in [1.29, 1.82) is 0 Å². The number of anilines is 1. The van der Waals surface area contributed by atoms with Crippen molar-refractivity contribution in [3.8, 4) is 0 Å². The molecule has 2 aromatic heterocycles. The second-order valence-electron chi connectivity index (χ2n) is 6.13. The van der Waals surface area contributed by atoms with Crippen LogP contribution in [0, 0.1) is 6.92 Å². The lowest BCUT2D eigenvalue weighted by Crippen LogP contribution is -2.42. The summed E-state index contributed by atoms with van der Waals surface area (Å²) in [6, 6.07) is 3.97. The minimum atomic E-state index is -0.181. The fourth-order valence-electron chi connectivity index (χ4n) is 2.96. The van der Waals surface area contributed by atoms with Gasteiger partial charge in [0.1, 0.15) is 18.8 Å². The highest BCUT2D eigenvalue weighted by Crippen LogP contribution is 2.24. The molecular weight excluding hydrogens is 320 g/mol. The van der Waals surface area contributed by atoms with E-state index in [2.05, 4.69) is 20.4 Å². The summed E-state index contributed by atoms with van der Waals surface area (Å²) in [5.74, 6) is 0.148. The molecule has 0 saturated carbocycles. The molecule has 1 fully saturated rings. The average Bonchev–Trinajstić information content (AvgIpc) is 3.14. The highest BCUT2D eigenvalue weighted by molar-refractivity contribution is 5.76.